The molecular weight excluding hydrogens is 452 g/mol. The number of benzene rings is 1. The fourth-order valence-corrected chi connectivity index (χ4v) is 5.09. The van der Waals surface area contributed by atoms with Crippen molar-refractivity contribution in [1.82, 2.24) is 10.3 Å². The zero-order valence-corrected chi connectivity index (χ0v) is 18.9. The fourth-order valence-electron chi connectivity index (χ4n) is 3.90. The molecule has 0 bridgehead atoms. The Balaban J connectivity index is 0.000000948. The van der Waals surface area contributed by atoms with Gasteiger partial charge in [-0.1, -0.05) is 41.4 Å². The summed E-state index contributed by atoms with van der Waals surface area (Å²) in [4.78, 5) is 4.85. The number of nitrogens with one attached hydrogen (secondary N) is 1. The van der Waals surface area contributed by atoms with Gasteiger partial charge >= 0.3 is 0 Å². The Bertz CT molecular complexity index is 832. The van der Waals surface area contributed by atoms with Gasteiger partial charge in [-0.2, -0.15) is 0 Å². The lowest BCUT2D eigenvalue weighted by Gasteiger charge is -2.23. The van der Waals surface area contributed by atoms with E-state index < -0.39 is 0 Å². The summed E-state index contributed by atoms with van der Waals surface area (Å²) in [6.07, 6.45) is 6.25. The van der Waals surface area contributed by atoms with Gasteiger partial charge in [-0.25, -0.2) is 0 Å². The summed E-state index contributed by atoms with van der Waals surface area (Å²) in [6.45, 7) is 8.29. The summed E-state index contributed by atoms with van der Waals surface area (Å²) < 4.78 is 2.27. The monoisotopic (exact) mass is 476 g/mol. The van der Waals surface area contributed by atoms with E-state index in [1.165, 1.54) is 43.6 Å². The molecule has 0 saturated carbocycles. The average Bonchev–Trinajstić information content (AvgIpc) is 2.81. The van der Waals surface area contributed by atoms with Crippen LogP contribution in [0.4, 0.5) is 0 Å². The van der Waals surface area contributed by atoms with Crippen molar-refractivity contribution in [2.75, 3.05) is 13.1 Å². The van der Waals surface area contributed by atoms with Gasteiger partial charge in [0.15, 0.2) is 0 Å². The van der Waals surface area contributed by atoms with Crippen LogP contribution in [0.25, 0.3) is 5.57 Å². The summed E-state index contributed by atoms with van der Waals surface area (Å²) in [5.41, 5.74) is 9.57. The molecule has 1 aromatic heterocycles. The number of aryl methyl sites for hydroxylation is 3. The SMILES string of the molecule is CC.Cc1cc(Br)c2c(c1)CCc1cc(Br)cnc1C2=C1CCNCC1. The van der Waals surface area contributed by atoms with Gasteiger partial charge in [-0.15, -0.1) is 0 Å². The number of nitrogens with zero attached hydrogens (tertiary/aromatic N) is 1. The Morgan fingerprint density at radius 3 is 2.35 bits per heavy atom. The van der Waals surface area contributed by atoms with E-state index in [-0.39, 0.29) is 0 Å². The van der Waals surface area contributed by atoms with E-state index in [9.17, 15) is 0 Å². The maximum absolute atomic E-state index is 4.85. The van der Waals surface area contributed by atoms with Crippen molar-refractivity contribution in [3.8, 4) is 0 Å². The van der Waals surface area contributed by atoms with Gasteiger partial charge in [-0.3, -0.25) is 4.98 Å². The first-order valence-electron chi connectivity index (χ1n) is 9.50. The molecule has 0 atom stereocenters. The molecule has 26 heavy (non-hydrogen) atoms. The van der Waals surface area contributed by atoms with Gasteiger partial charge in [0.05, 0.1) is 5.69 Å². The largest absolute Gasteiger partial charge is 0.316 e. The Morgan fingerprint density at radius 2 is 1.62 bits per heavy atom. The van der Waals surface area contributed by atoms with Crippen LogP contribution in [-0.2, 0) is 12.8 Å². The molecule has 1 N–H and O–H groups in total. The highest BCUT2D eigenvalue weighted by molar-refractivity contribution is 9.10. The molecule has 2 aromatic rings. The average molecular weight is 478 g/mol. The molecule has 2 heterocycles. The van der Waals surface area contributed by atoms with E-state index in [2.05, 4.69) is 62.3 Å². The molecule has 138 valence electrons. The smallest absolute Gasteiger partial charge is 0.0740 e. The second-order valence-corrected chi connectivity index (χ2v) is 8.44. The van der Waals surface area contributed by atoms with E-state index in [4.69, 9.17) is 4.98 Å². The Morgan fingerprint density at radius 1 is 0.923 bits per heavy atom. The van der Waals surface area contributed by atoms with E-state index >= 15 is 0 Å². The Kier molecular flexibility index (Phi) is 6.70. The number of fused-ring (bicyclic) bond motifs is 2. The lowest BCUT2D eigenvalue weighted by atomic mass is 9.88. The highest BCUT2D eigenvalue weighted by Gasteiger charge is 2.25. The Hall–Kier alpha value is -0.970. The van der Waals surface area contributed by atoms with E-state index in [0.717, 1.165) is 43.2 Å². The summed E-state index contributed by atoms with van der Waals surface area (Å²) in [6, 6.07) is 6.84. The molecule has 1 aliphatic heterocycles. The number of pyridine rings is 1. The van der Waals surface area contributed by atoms with Gasteiger partial charge in [0.1, 0.15) is 0 Å². The second-order valence-electron chi connectivity index (χ2n) is 6.67. The molecule has 1 aromatic carbocycles. The van der Waals surface area contributed by atoms with Gasteiger partial charge in [0.2, 0.25) is 0 Å². The third-order valence-electron chi connectivity index (χ3n) is 4.96. The number of aromatic nitrogens is 1. The number of hydrogen-bond donors (Lipinski definition) is 1. The standard InChI is InChI=1S/C20H20Br2N2.C2H6/c1-12-8-14-2-3-15-10-16(21)11-24-20(15)19(18(14)17(22)9-12)13-4-6-23-7-5-13;1-2/h8-11,23H,2-7H2,1H3;1-2H3. The molecule has 0 unspecified atom stereocenters. The van der Waals surface area contributed by atoms with Gasteiger partial charge < -0.3 is 5.32 Å². The molecule has 1 aliphatic carbocycles. The quantitative estimate of drug-likeness (QED) is 0.486. The molecule has 4 rings (SSSR count). The summed E-state index contributed by atoms with van der Waals surface area (Å²) in [5.74, 6) is 0. The summed E-state index contributed by atoms with van der Waals surface area (Å²) >= 11 is 7.45. The summed E-state index contributed by atoms with van der Waals surface area (Å²) in [5, 5.41) is 3.48. The van der Waals surface area contributed by atoms with Crippen molar-refractivity contribution in [1.29, 1.82) is 0 Å². The fraction of sp³-hybridized carbons (Fsp3) is 0.409. The molecule has 2 nitrogen and oxygen atoms in total. The van der Waals surface area contributed by atoms with Crippen molar-refractivity contribution < 1.29 is 0 Å². The third-order valence-corrected chi connectivity index (χ3v) is 6.02. The van der Waals surface area contributed by atoms with Crippen LogP contribution >= 0.6 is 31.9 Å². The maximum atomic E-state index is 4.85. The van der Waals surface area contributed by atoms with E-state index in [1.54, 1.807) is 0 Å². The van der Waals surface area contributed by atoms with Crippen LogP contribution in [0.15, 0.2) is 38.9 Å². The number of hydrogen-bond acceptors (Lipinski definition) is 2. The van der Waals surface area contributed by atoms with Crippen molar-refractivity contribution in [2.24, 2.45) is 0 Å². The van der Waals surface area contributed by atoms with E-state index in [1.807, 2.05) is 20.0 Å². The minimum Gasteiger partial charge on any atom is -0.316 e. The molecule has 2 aliphatic rings. The lowest BCUT2D eigenvalue weighted by Crippen LogP contribution is -2.24. The highest BCUT2D eigenvalue weighted by Crippen LogP contribution is 2.41. The van der Waals surface area contributed by atoms with Gasteiger partial charge in [-0.05, 0) is 90.4 Å². The maximum Gasteiger partial charge on any atom is 0.0740 e. The molecule has 1 fully saturated rings. The Labute approximate surface area is 173 Å². The minimum atomic E-state index is 1.04. The predicted molar refractivity (Wildman–Crippen MR) is 118 cm³/mol. The normalized spacial score (nSPS) is 16.2. The van der Waals surface area contributed by atoms with Crippen LogP contribution in [0.2, 0.25) is 0 Å². The van der Waals surface area contributed by atoms with Crippen molar-refractivity contribution >= 4 is 37.4 Å². The second kappa shape index (κ2) is 8.81. The van der Waals surface area contributed by atoms with Crippen LogP contribution in [-0.4, -0.2) is 18.1 Å². The lowest BCUT2D eigenvalue weighted by molar-refractivity contribution is 0.611. The van der Waals surface area contributed by atoms with E-state index in [0.29, 0.717) is 0 Å². The first-order valence-corrected chi connectivity index (χ1v) is 11.1. The molecule has 0 spiro atoms. The van der Waals surface area contributed by atoms with Crippen molar-refractivity contribution in [3.63, 3.8) is 0 Å². The van der Waals surface area contributed by atoms with Crippen LogP contribution in [0.3, 0.4) is 0 Å². The van der Waals surface area contributed by atoms with Crippen LogP contribution < -0.4 is 5.32 Å². The molecule has 0 radical (unpaired) electrons. The van der Waals surface area contributed by atoms with Crippen LogP contribution in [0.5, 0.6) is 0 Å². The topological polar surface area (TPSA) is 24.9 Å². The zero-order chi connectivity index (χ0) is 18.7. The molecule has 1 saturated heterocycles. The number of piperidine rings is 1. The third kappa shape index (κ3) is 3.97. The molecule has 0 amide bonds. The molecular formula is C22H26Br2N2. The first-order chi connectivity index (χ1) is 12.6. The number of halogens is 2. The van der Waals surface area contributed by atoms with Crippen LogP contribution in [0.1, 0.15) is 54.6 Å². The van der Waals surface area contributed by atoms with Crippen molar-refractivity contribution in [2.45, 2.75) is 46.5 Å². The predicted octanol–water partition coefficient (Wildman–Crippen LogP) is 6.23. The summed E-state index contributed by atoms with van der Waals surface area (Å²) in [7, 11) is 0. The molecule has 4 heteroatoms. The van der Waals surface area contributed by atoms with Crippen molar-refractivity contribution in [3.05, 3.63) is 66.9 Å². The van der Waals surface area contributed by atoms with Crippen LogP contribution in [0, 0.1) is 6.92 Å². The van der Waals surface area contributed by atoms with Gasteiger partial charge in [0, 0.05) is 26.3 Å². The van der Waals surface area contributed by atoms with Gasteiger partial charge in [0.25, 0.3) is 0 Å². The highest BCUT2D eigenvalue weighted by atomic mass is 79.9. The number of rotatable bonds is 0. The minimum absolute atomic E-state index is 1.04. The zero-order valence-electron chi connectivity index (χ0n) is 15.8. The first kappa shape index (κ1) is 19.8.